The molecule has 0 aromatic carbocycles. The number of hydrogen-bond acceptors (Lipinski definition) is 3. The largest absolute Gasteiger partial charge is 1.00 e. The average molecular weight is 242 g/mol. The zero-order valence-corrected chi connectivity index (χ0v) is 10.1. The third-order valence-electron chi connectivity index (χ3n) is 1.73. The topological polar surface area (TPSA) is 106 Å². The minimum atomic E-state index is -0.833. The van der Waals surface area contributed by atoms with Crippen LogP contribution in [0.25, 0.3) is 0 Å². The van der Waals surface area contributed by atoms with E-state index in [0.717, 1.165) is 0 Å². The predicted octanol–water partition coefficient (Wildman–Crippen LogP) is -3.98. The molecular formula is C8H20ClN3O3. The number of aliphatic hydroxyl groups excluding tert-OH is 1. The van der Waals surface area contributed by atoms with Gasteiger partial charge in [-0.05, 0) is 0 Å². The summed E-state index contributed by atoms with van der Waals surface area (Å²) in [6, 6.07) is -0.833. The lowest BCUT2D eigenvalue weighted by molar-refractivity contribution is -0.813. The van der Waals surface area contributed by atoms with Gasteiger partial charge in [0.25, 0.3) is 0 Å². The van der Waals surface area contributed by atoms with E-state index >= 15 is 0 Å². The van der Waals surface area contributed by atoms with Crippen molar-refractivity contribution in [2.24, 2.45) is 11.5 Å². The molecule has 92 valence electrons. The molecule has 0 fully saturated rings. The van der Waals surface area contributed by atoms with Gasteiger partial charge < -0.3 is 29.0 Å². The smallest absolute Gasteiger partial charge is 0.310 e. The first-order valence-electron chi connectivity index (χ1n) is 4.24. The fourth-order valence-electron chi connectivity index (χ4n) is 0.623. The quantitative estimate of drug-likeness (QED) is 0.439. The van der Waals surface area contributed by atoms with Gasteiger partial charge in [-0.1, -0.05) is 0 Å². The van der Waals surface area contributed by atoms with Crippen molar-refractivity contribution in [3.8, 4) is 0 Å². The molecule has 0 unspecified atom stereocenters. The number of amides is 3. The van der Waals surface area contributed by atoms with Gasteiger partial charge in [0.1, 0.15) is 0 Å². The van der Waals surface area contributed by atoms with E-state index in [2.05, 4.69) is 11.5 Å². The van der Waals surface area contributed by atoms with Gasteiger partial charge in [-0.15, -0.1) is 0 Å². The number of rotatable bonds is 3. The molecule has 15 heavy (non-hydrogen) atoms. The van der Waals surface area contributed by atoms with Gasteiger partial charge >= 0.3 is 11.9 Å². The molecule has 0 aromatic rings. The first-order valence-corrected chi connectivity index (χ1v) is 4.24. The van der Waals surface area contributed by atoms with Crippen LogP contribution in [0.5, 0.6) is 0 Å². The van der Waals surface area contributed by atoms with Gasteiger partial charge in [-0.3, -0.25) is 4.48 Å². The van der Waals surface area contributed by atoms with Crippen LogP contribution in [0.15, 0.2) is 0 Å². The Hall–Kier alpha value is -0.850. The SMILES string of the molecule is CC(=O)[N+](C)(C)CCCO.NC(N)=O.[Cl-]. The summed E-state index contributed by atoms with van der Waals surface area (Å²) >= 11 is 0. The summed E-state index contributed by atoms with van der Waals surface area (Å²) < 4.78 is 0.362. The highest BCUT2D eigenvalue weighted by atomic mass is 35.5. The van der Waals surface area contributed by atoms with Crippen LogP contribution in [0, 0.1) is 0 Å². The molecule has 0 atom stereocenters. The summed E-state index contributed by atoms with van der Waals surface area (Å²) in [5, 5.41) is 8.49. The molecule has 5 N–H and O–H groups in total. The minimum Gasteiger partial charge on any atom is -1.00 e. The molecule has 0 saturated heterocycles. The van der Waals surface area contributed by atoms with E-state index in [-0.39, 0.29) is 24.9 Å². The Morgan fingerprint density at radius 1 is 1.27 bits per heavy atom. The Morgan fingerprint density at radius 2 is 1.60 bits per heavy atom. The van der Waals surface area contributed by atoms with E-state index in [1.54, 1.807) is 6.92 Å². The number of carbonyl (C=O) groups is 2. The lowest BCUT2D eigenvalue weighted by Gasteiger charge is -2.24. The minimum absolute atomic E-state index is 0. The first-order chi connectivity index (χ1) is 6.24. The normalized spacial score (nSPS) is 9.33. The molecule has 0 saturated carbocycles. The maximum atomic E-state index is 10.9. The monoisotopic (exact) mass is 241 g/mol. The molecule has 0 aliphatic rings. The Labute approximate surface area is 96.2 Å². The summed E-state index contributed by atoms with van der Waals surface area (Å²) in [6.45, 7) is 2.44. The third-order valence-corrected chi connectivity index (χ3v) is 1.73. The van der Waals surface area contributed by atoms with E-state index in [9.17, 15) is 4.79 Å². The molecule has 0 radical (unpaired) electrons. The summed E-state index contributed by atoms with van der Waals surface area (Å²) in [5.74, 6) is 0.133. The lowest BCUT2D eigenvalue weighted by atomic mass is 10.3. The highest BCUT2D eigenvalue weighted by molar-refractivity contribution is 5.69. The van der Waals surface area contributed by atoms with Gasteiger partial charge in [-0.2, -0.15) is 0 Å². The van der Waals surface area contributed by atoms with Crippen LogP contribution in [-0.4, -0.2) is 48.8 Å². The Balaban J connectivity index is -0.000000249. The Bertz CT molecular complexity index is 194. The summed E-state index contributed by atoms with van der Waals surface area (Å²) in [6.07, 6.45) is 0.687. The van der Waals surface area contributed by atoms with Crippen LogP contribution in [-0.2, 0) is 4.79 Å². The van der Waals surface area contributed by atoms with Crippen LogP contribution in [0.3, 0.4) is 0 Å². The predicted molar refractivity (Wildman–Crippen MR) is 53.1 cm³/mol. The number of halogens is 1. The number of nitrogens with zero attached hydrogens (tertiary/aromatic N) is 1. The van der Waals surface area contributed by atoms with Gasteiger partial charge in [0.15, 0.2) is 0 Å². The molecule has 7 heteroatoms. The van der Waals surface area contributed by atoms with E-state index in [0.29, 0.717) is 17.4 Å². The van der Waals surface area contributed by atoms with Crippen molar-refractivity contribution in [2.45, 2.75) is 13.3 Å². The zero-order chi connectivity index (χ0) is 11.8. The van der Waals surface area contributed by atoms with Crippen molar-refractivity contribution < 1.29 is 31.6 Å². The second-order valence-corrected chi connectivity index (χ2v) is 3.41. The number of hydrogen-bond donors (Lipinski definition) is 3. The molecule has 0 bridgehead atoms. The first kappa shape index (κ1) is 19.7. The van der Waals surface area contributed by atoms with Crippen molar-refractivity contribution in [1.82, 2.24) is 0 Å². The van der Waals surface area contributed by atoms with Crippen LogP contribution in [0.2, 0.25) is 0 Å². The van der Waals surface area contributed by atoms with E-state index in [1.807, 2.05) is 14.1 Å². The van der Waals surface area contributed by atoms with Gasteiger partial charge in [0, 0.05) is 13.0 Å². The number of quaternary nitrogens is 1. The van der Waals surface area contributed by atoms with Gasteiger partial charge in [0.05, 0.1) is 27.6 Å². The second kappa shape index (κ2) is 9.70. The zero-order valence-electron chi connectivity index (χ0n) is 9.36. The summed E-state index contributed by atoms with van der Waals surface area (Å²) in [4.78, 5) is 19.9. The van der Waals surface area contributed by atoms with Gasteiger partial charge in [-0.25, -0.2) is 9.59 Å². The number of carbonyl (C=O) groups excluding carboxylic acids is 2. The van der Waals surface area contributed by atoms with Crippen molar-refractivity contribution in [1.29, 1.82) is 0 Å². The van der Waals surface area contributed by atoms with Crippen molar-refractivity contribution in [3.63, 3.8) is 0 Å². The highest BCUT2D eigenvalue weighted by Crippen LogP contribution is 1.98. The summed E-state index contributed by atoms with van der Waals surface area (Å²) in [7, 11) is 3.69. The van der Waals surface area contributed by atoms with Crippen LogP contribution in [0.4, 0.5) is 4.79 Å². The third kappa shape index (κ3) is 15.9. The highest BCUT2D eigenvalue weighted by Gasteiger charge is 2.19. The molecule has 0 heterocycles. The van der Waals surface area contributed by atoms with Crippen LogP contribution < -0.4 is 23.9 Å². The van der Waals surface area contributed by atoms with Crippen LogP contribution >= 0.6 is 0 Å². The number of urea groups is 1. The fraction of sp³-hybridized carbons (Fsp3) is 0.750. The van der Waals surface area contributed by atoms with Gasteiger partial charge in [0.2, 0.25) is 0 Å². The molecule has 3 amide bonds. The van der Waals surface area contributed by atoms with E-state index < -0.39 is 6.03 Å². The van der Waals surface area contributed by atoms with Crippen molar-refractivity contribution >= 4 is 11.9 Å². The molecule has 0 aromatic heterocycles. The molecule has 6 nitrogen and oxygen atoms in total. The molecule has 0 aliphatic heterocycles. The van der Waals surface area contributed by atoms with Crippen molar-refractivity contribution in [2.75, 3.05) is 27.2 Å². The maximum Gasteiger partial charge on any atom is 0.310 e. The lowest BCUT2D eigenvalue weighted by Crippen LogP contribution is -3.00. The standard InChI is InChI=1S/C7H16NO2.CH4N2O.ClH/c1-7(10)8(2,3)5-4-6-9;2-1(3)4;/h9H,4-6H2,1-3H3;(H4,2,3,4);1H/q+1;;/p-1. The molecule has 0 spiro atoms. The molecule has 0 aliphatic carbocycles. The number of primary amides is 2. The van der Waals surface area contributed by atoms with Crippen molar-refractivity contribution in [3.05, 3.63) is 0 Å². The Kier molecular flexibility index (Phi) is 12.7. The second-order valence-electron chi connectivity index (χ2n) is 3.41. The van der Waals surface area contributed by atoms with E-state index in [4.69, 9.17) is 9.90 Å². The average Bonchev–Trinajstić information content (AvgIpc) is 1.99. The fourth-order valence-corrected chi connectivity index (χ4v) is 0.623. The maximum absolute atomic E-state index is 10.9. The molecular weight excluding hydrogens is 222 g/mol. The van der Waals surface area contributed by atoms with E-state index in [1.165, 1.54) is 0 Å². The number of nitrogens with two attached hydrogens (primary N) is 2. The summed E-state index contributed by atoms with van der Waals surface area (Å²) in [5.41, 5.74) is 8.50. The molecule has 0 rings (SSSR count). The van der Waals surface area contributed by atoms with Crippen LogP contribution in [0.1, 0.15) is 13.3 Å². The Morgan fingerprint density at radius 3 is 1.80 bits per heavy atom. The number of aliphatic hydroxyl groups is 1.